The number of aromatic nitrogens is 2. The lowest BCUT2D eigenvalue weighted by molar-refractivity contribution is 0.199. The Balaban J connectivity index is 1.89. The zero-order valence-electron chi connectivity index (χ0n) is 12.9. The summed E-state index contributed by atoms with van der Waals surface area (Å²) in [5.41, 5.74) is 1.31. The Morgan fingerprint density at radius 3 is 2.43 bits per heavy atom. The predicted octanol–water partition coefficient (Wildman–Crippen LogP) is 4.55. The van der Waals surface area contributed by atoms with Crippen molar-refractivity contribution in [1.29, 1.82) is 0 Å². The molecular weight excluding hydrogens is 282 g/mol. The highest BCUT2D eigenvalue weighted by atomic mass is 35.5. The van der Waals surface area contributed by atoms with Crippen LogP contribution in [0.2, 0.25) is 5.28 Å². The molecule has 1 fully saturated rings. The minimum atomic E-state index is 0.335. The standard InChI is InChI=1S/C17H22ClN3/c1-17(2,3)12-8-10-21(11-9-12)15-13-6-4-5-7-14(13)19-16(18)20-15/h4-7,12H,8-11H2,1-3H3. The van der Waals surface area contributed by atoms with Gasteiger partial charge in [0.15, 0.2) is 0 Å². The number of fused-ring (bicyclic) bond motifs is 1. The van der Waals surface area contributed by atoms with Crippen molar-refractivity contribution in [3.05, 3.63) is 29.5 Å². The molecule has 21 heavy (non-hydrogen) atoms. The van der Waals surface area contributed by atoms with E-state index in [4.69, 9.17) is 11.6 Å². The number of rotatable bonds is 1. The second-order valence-corrected chi connectivity index (χ2v) is 7.30. The normalized spacial score (nSPS) is 17.4. The van der Waals surface area contributed by atoms with Gasteiger partial charge in [0.2, 0.25) is 5.28 Å². The third-order valence-corrected chi connectivity index (χ3v) is 4.74. The third-order valence-electron chi connectivity index (χ3n) is 4.58. The van der Waals surface area contributed by atoms with Gasteiger partial charge in [0.1, 0.15) is 5.82 Å². The second-order valence-electron chi connectivity index (χ2n) is 6.96. The highest BCUT2D eigenvalue weighted by Crippen LogP contribution is 2.36. The number of hydrogen-bond acceptors (Lipinski definition) is 3. The number of hydrogen-bond donors (Lipinski definition) is 0. The van der Waals surface area contributed by atoms with E-state index in [-0.39, 0.29) is 0 Å². The summed E-state index contributed by atoms with van der Waals surface area (Å²) in [5.74, 6) is 1.76. The van der Waals surface area contributed by atoms with Crippen LogP contribution in [0.15, 0.2) is 24.3 Å². The molecule has 1 aliphatic heterocycles. The summed E-state index contributed by atoms with van der Waals surface area (Å²) in [4.78, 5) is 11.2. The summed E-state index contributed by atoms with van der Waals surface area (Å²) in [6.45, 7) is 9.09. The Labute approximate surface area is 131 Å². The smallest absolute Gasteiger partial charge is 0.224 e. The van der Waals surface area contributed by atoms with Gasteiger partial charge in [0.05, 0.1) is 5.52 Å². The van der Waals surface area contributed by atoms with Crippen LogP contribution in [0.5, 0.6) is 0 Å². The third kappa shape index (κ3) is 2.98. The lowest BCUT2D eigenvalue weighted by Crippen LogP contribution is -2.38. The Bertz CT molecular complexity index is 640. The molecule has 0 N–H and O–H groups in total. The molecule has 0 saturated carbocycles. The van der Waals surface area contributed by atoms with Crippen molar-refractivity contribution in [2.45, 2.75) is 33.6 Å². The van der Waals surface area contributed by atoms with Crippen molar-refractivity contribution in [3.8, 4) is 0 Å². The van der Waals surface area contributed by atoms with Crippen LogP contribution in [0.25, 0.3) is 10.9 Å². The summed E-state index contributed by atoms with van der Waals surface area (Å²) < 4.78 is 0. The molecule has 0 unspecified atom stereocenters. The quantitative estimate of drug-likeness (QED) is 0.724. The molecule has 2 heterocycles. The fraction of sp³-hybridized carbons (Fsp3) is 0.529. The number of benzene rings is 1. The summed E-state index contributed by atoms with van der Waals surface area (Å²) in [7, 11) is 0. The van der Waals surface area contributed by atoms with Crippen LogP contribution in [0.3, 0.4) is 0 Å². The van der Waals surface area contributed by atoms with Crippen LogP contribution >= 0.6 is 11.6 Å². The molecule has 0 radical (unpaired) electrons. The molecule has 3 nitrogen and oxygen atoms in total. The van der Waals surface area contributed by atoms with Crippen molar-refractivity contribution in [3.63, 3.8) is 0 Å². The zero-order chi connectivity index (χ0) is 15.0. The maximum atomic E-state index is 6.10. The van der Waals surface area contributed by atoms with E-state index in [2.05, 4.69) is 41.7 Å². The topological polar surface area (TPSA) is 29.0 Å². The molecule has 0 bridgehead atoms. The van der Waals surface area contributed by atoms with Gasteiger partial charge in [0.25, 0.3) is 0 Å². The van der Waals surface area contributed by atoms with Crippen molar-refractivity contribution in [2.75, 3.05) is 18.0 Å². The number of halogens is 1. The molecule has 1 aromatic carbocycles. The SMILES string of the molecule is CC(C)(C)C1CCN(c2nc(Cl)nc3ccccc23)CC1. The van der Waals surface area contributed by atoms with E-state index in [1.54, 1.807) is 0 Å². The molecular formula is C17H22ClN3. The number of nitrogens with zero attached hydrogens (tertiary/aromatic N) is 3. The first-order valence-electron chi connectivity index (χ1n) is 7.62. The van der Waals surface area contributed by atoms with Crippen LogP contribution < -0.4 is 4.90 Å². The summed E-state index contributed by atoms with van der Waals surface area (Å²) in [6.07, 6.45) is 2.42. The molecule has 2 aromatic rings. The Hall–Kier alpha value is -1.35. The molecule has 0 atom stereocenters. The van der Waals surface area contributed by atoms with E-state index in [9.17, 15) is 0 Å². The average Bonchev–Trinajstić information content (AvgIpc) is 2.45. The lowest BCUT2D eigenvalue weighted by Gasteiger charge is -2.39. The van der Waals surface area contributed by atoms with E-state index in [1.807, 2.05) is 18.2 Å². The maximum absolute atomic E-state index is 6.10. The molecule has 4 heteroatoms. The molecule has 0 aliphatic carbocycles. The van der Waals surface area contributed by atoms with Gasteiger partial charge in [-0.3, -0.25) is 0 Å². The average molecular weight is 304 g/mol. The first-order chi connectivity index (χ1) is 9.95. The van der Waals surface area contributed by atoms with E-state index in [0.717, 1.165) is 35.7 Å². The molecule has 112 valence electrons. The summed E-state index contributed by atoms with van der Waals surface area (Å²) >= 11 is 6.10. The summed E-state index contributed by atoms with van der Waals surface area (Å²) in [6, 6.07) is 8.09. The number of piperidine rings is 1. The van der Waals surface area contributed by atoms with Crippen molar-refractivity contribution in [1.82, 2.24) is 9.97 Å². The highest BCUT2D eigenvalue weighted by Gasteiger charge is 2.29. The maximum Gasteiger partial charge on any atom is 0.224 e. The summed E-state index contributed by atoms with van der Waals surface area (Å²) in [5, 5.41) is 1.43. The Morgan fingerprint density at radius 1 is 1.10 bits per heavy atom. The Morgan fingerprint density at radius 2 is 1.76 bits per heavy atom. The van der Waals surface area contributed by atoms with Gasteiger partial charge in [0, 0.05) is 18.5 Å². The van der Waals surface area contributed by atoms with Crippen molar-refractivity contribution < 1.29 is 0 Å². The minimum absolute atomic E-state index is 0.335. The van der Waals surface area contributed by atoms with Gasteiger partial charge in [-0.2, -0.15) is 4.98 Å². The van der Waals surface area contributed by atoms with Gasteiger partial charge < -0.3 is 4.90 Å². The van der Waals surface area contributed by atoms with E-state index >= 15 is 0 Å². The van der Waals surface area contributed by atoms with Crippen molar-refractivity contribution in [2.24, 2.45) is 11.3 Å². The van der Waals surface area contributed by atoms with Gasteiger partial charge in [-0.25, -0.2) is 4.98 Å². The Kier molecular flexibility index (Phi) is 3.78. The van der Waals surface area contributed by atoms with Crippen LogP contribution in [-0.4, -0.2) is 23.1 Å². The largest absolute Gasteiger partial charge is 0.356 e. The predicted molar refractivity (Wildman–Crippen MR) is 88.9 cm³/mol. The van der Waals surface area contributed by atoms with Gasteiger partial charge >= 0.3 is 0 Å². The fourth-order valence-electron chi connectivity index (χ4n) is 3.23. The zero-order valence-corrected chi connectivity index (χ0v) is 13.7. The minimum Gasteiger partial charge on any atom is -0.356 e. The molecule has 1 aliphatic rings. The first-order valence-corrected chi connectivity index (χ1v) is 8.00. The van der Waals surface area contributed by atoms with E-state index < -0.39 is 0 Å². The number of para-hydroxylation sites is 1. The van der Waals surface area contributed by atoms with Gasteiger partial charge in [-0.1, -0.05) is 32.9 Å². The molecule has 1 saturated heterocycles. The fourth-order valence-corrected chi connectivity index (χ4v) is 3.40. The van der Waals surface area contributed by atoms with E-state index in [0.29, 0.717) is 10.7 Å². The highest BCUT2D eigenvalue weighted by molar-refractivity contribution is 6.28. The molecule has 3 rings (SSSR count). The van der Waals surface area contributed by atoms with Gasteiger partial charge in [-0.05, 0) is 47.9 Å². The van der Waals surface area contributed by atoms with Crippen LogP contribution in [0.1, 0.15) is 33.6 Å². The number of anilines is 1. The second kappa shape index (κ2) is 5.45. The van der Waals surface area contributed by atoms with Gasteiger partial charge in [-0.15, -0.1) is 0 Å². The molecule has 0 spiro atoms. The molecule has 0 amide bonds. The first kappa shape index (κ1) is 14.6. The lowest BCUT2D eigenvalue weighted by atomic mass is 9.75. The molecule has 1 aromatic heterocycles. The van der Waals surface area contributed by atoms with Crippen molar-refractivity contribution >= 4 is 28.3 Å². The van der Waals surface area contributed by atoms with Crippen LogP contribution in [-0.2, 0) is 0 Å². The van der Waals surface area contributed by atoms with Crippen LogP contribution in [0.4, 0.5) is 5.82 Å². The van der Waals surface area contributed by atoms with E-state index in [1.165, 1.54) is 12.8 Å². The van der Waals surface area contributed by atoms with Crippen LogP contribution in [0, 0.1) is 11.3 Å². The monoisotopic (exact) mass is 303 g/mol.